The van der Waals surface area contributed by atoms with Crippen LogP contribution in [0.5, 0.6) is 0 Å². The SMILES string of the molecule is O=C(CSc1ccc(F)cc1)Nc1ccccc1CO. The minimum Gasteiger partial charge on any atom is -0.392 e. The zero-order valence-corrected chi connectivity index (χ0v) is 11.5. The van der Waals surface area contributed by atoms with Gasteiger partial charge in [0.05, 0.1) is 12.4 Å². The summed E-state index contributed by atoms with van der Waals surface area (Å²) in [7, 11) is 0. The van der Waals surface area contributed by atoms with Crippen LogP contribution in [0.3, 0.4) is 0 Å². The maximum absolute atomic E-state index is 12.7. The number of carbonyl (C=O) groups excluding carboxylic acids is 1. The normalized spacial score (nSPS) is 10.3. The van der Waals surface area contributed by atoms with Crippen molar-refractivity contribution in [3.05, 3.63) is 59.9 Å². The largest absolute Gasteiger partial charge is 0.392 e. The van der Waals surface area contributed by atoms with Gasteiger partial charge in [-0.1, -0.05) is 18.2 Å². The summed E-state index contributed by atoms with van der Waals surface area (Å²) in [5.41, 5.74) is 1.28. The zero-order valence-electron chi connectivity index (χ0n) is 10.7. The number of anilines is 1. The van der Waals surface area contributed by atoms with Crippen LogP contribution in [0, 0.1) is 5.82 Å². The molecule has 0 atom stereocenters. The molecule has 0 bridgehead atoms. The summed E-state index contributed by atoms with van der Waals surface area (Å²) in [6, 6.07) is 13.1. The van der Waals surface area contributed by atoms with E-state index in [1.807, 2.05) is 0 Å². The molecule has 3 nitrogen and oxygen atoms in total. The first-order valence-corrected chi connectivity index (χ1v) is 7.04. The predicted octanol–water partition coefficient (Wildman–Crippen LogP) is 3.05. The molecule has 20 heavy (non-hydrogen) atoms. The van der Waals surface area contributed by atoms with Crippen LogP contribution in [-0.4, -0.2) is 16.8 Å². The molecular formula is C15H14FNO2S. The van der Waals surface area contributed by atoms with Crippen LogP contribution in [0.15, 0.2) is 53.4 Å². The number of rotatable bonds is 5. The maximum Gasteiger partial charge on any atom is 0.234 e. The smallest absolute Gasteiger partial charge is 0.234 e. The molecule has 0 heterocycles. The molecule has 2 rings (SSSR count). The second kappa shape index (κ2) is 7.07. The highest BCUT2D eigenvalue weighted by molar-refractivity contribution is 8.00. The van der Waals surface area contributed by atoms with E-state index in [2.05, 4.69) is 5.32 Å². The van der Waals surface area contributed by atoms with Crippen molar-refractivity contribution >= 4 is 23.4 Å². The molecule has 0 unspecified atom stereocenters. The molecule has 0 aliphatic heterocycles. The fourth-order valence-corrected chi connectivity index (χ4v) is 2.34. The Morgan fingerprint density at radius 3 is 2.55 bits per heavy atom. The van der Waals surface area contributed by atoms with Gasteiger partial charge in [0.1, 0.15) is 5.82 Å². The lowest BCUT2D eigenvalue weighted by Gasteiger charge is -2.09. The standard InChI is InChI=1S/C15H14FNO2S/c16-12-5-7-13(8-6-12)20-10-15(19)17-14-4-2-1-3-11(14)9-18/h1-8,18H,9-10H2,(H,17,19). The third kappa shape index (κ3) is 4.08. The number of hydrogen-bond acceptors (Lipinski definition) is 3. The van der Waals surface area contributed by atoms with Gasteiger partial charge < -0.3 is 10.4 Å². The molecule has 2 N–H and O–H groups in total. The Balaban J connectivity index is 1.91. The van der Waals surface area contributed by atoms with Gasteiger partial charge in [0.2, 0.25) is 5.91 Å². The van der Waals surface area contributed by atoms with Crippen molar-refractivity contribution < 1.29 is 14.3 Å². The van der Waals surface area contributed by atoms with Crippen molar-refractivity contribution in [2.45, 2.75) is 11.5 Å². The first-order chi connectivity index (χ1) is 9.69. The number of thioether (sulfide) groups is 1. The highest BCUT2D eigenvalue weighted by Gasteiger charge is 2.06. The van der Waals surface area contributed by atoms with Gasteiger partial charge >= 0.3 is 0 Å². The van der Waals surface area contributed by atoms with E-state index in [0.29, 0.717) is 11.3 Å². The van der Waals surface area contributed by atoms with E-state index in [4.69, 9.17) is 0 Å². The van der Waals surface area contributed by atoms with Gasteiger partial charge in [0.25, 0.3) is 0 Å². The molecule has 0 fully saturated rings. The van der Waals surface area contributed by atoms with E-state index in [-0.39, 0.29) is 24.1 Å². The number of para-hydroxylation sites is 1. The monoisotopic (exact) mass is 291 g/mol. The van der Waals surface area contributed by atoms with E-state index >= 15 is 0 Å². The van der Waals surface area contributed by atoms with Gasteiger partial charge in [0, 0.05) is 16.1 Å². The van der Waals surface area contributed by atoms with Crippen molar-refractivity contribution in [3.63, 3.8) is 0 Å². The van der Waals surface area contributed by atoms with Gasteiger partial charge in [-0.3, -0.25) is 4.79 Å². The lowest BCUT2D eigenvalue weighted by atomic mass is 10.2. The first kappa shape index (κ1) is 14.6. The molecule has 0 saturated heterocycles. The van der Waals surface area contributed by atoms with Crippen molar-refractivity contribution in [1.82, 2.24) is 0 Å². The molecular weight excluding hydrogens is 277 g/mol. The van der Waals surface area contributed by atoms with E-state index in [0.717, 1.165) is 4.90 Å². The third-order valence-corrected chi connectivity index (χ3v) is 3.66. The quantitative estimate of drug-likeness (QED) is 0.832. The van der Waals surface area contributed by atoms with Crippen molar-refractivity contribution in [2.75, 3.05) is 11.1 Å². The lowest BCUT2D eigenvalue weighted by molar-refractivity contribution is -0.113. The number of carbonyl (C=O) groups is 1. The van der Waals surface area contributed by atoms with Crippen LogP contribution in [0.1, 0.15) is 5.56 Å². The number of amides is 1. The molecule has 104 valence electrons. The average molecular weight is 291 g/mol. The Labute approximate surface area is 120 Å². The average Bonchev–Trinajstić information content (AvgIpc) is 2.47. The summed E-state index contributed by atoms with van der Waals surface area (Å²) < 4.78 is 12.7. The van der Waals surface area contributed by atoms with Crippen LogP contribution in [0.25, 0.3) is 0 Å². The van der Waals surface area contributed by atoms with Crippen LogP contribution in [-0.2, 0) is 11.4 Å². The number of halogens is 1. The highest BCUT2D eigenvalue weighted by Crippen LogP contribution is 2.19. The Morgan fingerprint density at radius 1 is 1.15 bits per heavy atom. The molecule has 0 aromatic heterocycles. The Kier molecular flexibility index (Phi) is 5.15. The summed E-state index contributed by atoms with van der Waals surface area (Å²) in [6.45, 7) is -0.123. The molecule has 0 aliphatic rings. The Morgan fingerprint density at radius 2 is 1.85 bits per heavy atom. The van der Waals surface area contributed by atoms with E-state index in [9.17, 15) is 14.3 Å². The van der Waals surface area contributed by atoms with Gasteiger partial charge in [-0.15, -0.1) is 11.8 Å². The maximum atomic E-state index is 12.7. The Hall–Kier alpha value is -1.85. The number of benzene rings is 2. The predicted molar refractivity (Wildman–Crippen MR) is 78.1 cm³/mol. The zero-order chi connectivity index (χ0) is 14.4. The molecule has 5 heteroatoms. The second-order valence-corrected chi connectivity index (χ2v) is 5.15. The van der Waals surface area contributed by atoms with Crippen molar-refractivity contribution in [3.8, 4) is 0 Å². The number of hydrogen-bond donors (Lipinski definition) is 2. The summed E-state index contributed by atoms with van der Waals surface area (Å²) in [5.74, 6) is -0.235. The van der Waals surface area contributed by atoms with Gasteiger partial charge in [-0.05, 0) is 30.3 Å². The van der Waals surface area contributed by atoms with Crippen LogP contribution < -0.4 is 5.32 Å². The summed E-state index contributed by atoms with van der Waals surface area (Å²) in [6.07, 6.45) is 0. The number of aliphatic hydroxyl groups is 1. The Bertz CT molecular complexity index is 587. The molecule has 2 aromatic rings. The van der Waals surface area contributed by atoms with Crippen LogP contribution >= 0.6 is 11.8 Å². The van der Waals surface area contributed by atoms with Crippen molar-refractivity contribution in [2.24, 2.45) is 0 Å². The summed E-state index contributed by atoms with van der Waals surface area (Å²) in [4.78, 5) is 12.7. The molecule has 0 saturated carbocycles. The van der Waals surface area contributed by atoms with Crippen LogP contribution in [0.4, 0.5) is 10.1 Å². The molecule has 0 radical (unpaired) electrons. The van der Waals surface area contributed by atoms with E-state index in [1.165, 1.54) is 23.9 Å². The first-order valence-electron chi connectivity index (χ1n) is 6.06. The van der Waals surface area contributed by atoms with E-state index in [1.54, 1.807) is 36.4 Å². The van der Waals surface area contributed by atoms with Gasteiger partial charge in [-0.2, -0.15) is 0 Å². The fraction of sp³-hybridized carbons (Fsp3) is 0.133. The van der Waals surface area contributed by atoms with Gasteiger partial charge in [0.15, 0.2) is 0 Å². The second-order valence-electron chi connectivity index (χ2n) is 4.11. The molecule has 2 aromatic carbocycles. The topological polar surface area (TPSA) is 49.3 Å². The summed E-state index contributed by atoms with van der Waals surface area (Å²) in [5, 5.41) is 11.9. The highest BCUT2D eigenvalue weighted by atomic mass is 32.2. The van der Waals surface area contributed by atoms with E-state index < -0.39 is 0 Å². The van der Waals surface area contributed by atoms with Crippen molar-refractivity contribution in [1.29, 1.82) is 0 Å². The number of aliphatic hydroxyl groups excluding tert-OH is 1. The fourth-order valence-electron chi connectivity index (χ4n) is 1.65. The molecule has 0 spiro atoms. The summed E-state index contributed by atoms with van der Waals surface area (Å²) >= 11 is 1.33. The lowest BCUT2D eigenvalue weighted by Crippen LogP contribution is -2.15. The molecule has 0 aliphatic carbocycles. The number of nitrogens with one attached hydrogen (secondary N) is 1. The molecule has 1 amide bonds. The third-order valence-electron chi connectivity index (χ3n) is 2.65. The van der Waals surface area contributed by atoms with Crippen LogP contribution in [0.2, 0.25) is 0 Å². The minimum absolute atomic E-state index is 0.123. The minimum atomic E-state index is -0.296. The van der Waals surface area contributed by atoms with Gasteiger partial charge in [-0.25, -0.2) is 4.39 Å².